The Morgan fingerprint density at radius 3 is 2.46 bits per heavy atom. The maximum Gasteiger partial charge on any atom is 0.231 e. The Hall–Kier alpha value is -3.02. The molecule has 4 N–H and O–H groups in total. The second kappa shape index (κ2) is 6.62. The maximum absolute atomic E-state index is 11.4. The highest BCUT2D eigenvalue weighted by Gasteiger charge is 2.20. The van der Waals surface area contributed by atoms with Crippen molar-refractivity contribution in [1.29, 1.82) is 0 Å². The largest absolute Gasteiger partial charge is 0.454 e. The molecule has 6 heteroatoms. The van der Waals surface area contributed by atoms with Gasteiger partial charge in [-0.25, -0.2) is 0 Å². The van der Waals surface area contributed by atoms with Crippen LogP contribution in [0, 0.1) is 5.92 Å². The molecule has 1 aliphatic rings. The predicted octanol–water partition coefficient (Wildman–Crippen LogP) is 1.60. The van der Waals surface area contributed by atoms with Gasteiger partial charge in [0.15, 0.2) is 11.5 Å². The summed E-state index contributed by atoms with van der Waals surface area (Å²) in [5.74, 6) is -0.191. The number of primary amides is 2. The van der Waals surface area contributed by atoms with E-state index < -0.39 is 17.7 Å². The zero-order chi connectivity index (χ0) is 17.1. The monoisotopic (exact) mass is 326 g/mol. The van der Waals surface area contributed by atoms with Crippen LogP contribution in [-0.2, 0) is 16.0 Å². The van der Waals surface area contributed by atoms with Crippen LogP contribution in [0.25, 0.3) is 11.1 Å². The molecule has 3 rings (SSSR count). The van der Waals surface area contributed by atoms with E-state index >= 15 is 0 Å². The second-order valence-electron chi connectivity index (χ2n) is 5.71. The van der Waals surface area contributed by atoms with Gasteiger partial charge in [0.2, 0.25) is 18.6 Å². The lowest BCUT2D eigenvalue weighted by molar-refractivity contribution is -0.126. The fraction of sp³-hybridized carbons (Fsp3) is 0.222. The molecule has 24 heavy (non-hydrogen) atoms. The van der Waals surface area contributed by atoms with Gasteiger partial charge in [0.05, 0.1) is 5.92 Å². The number of nitrogens with two attached hydrogens (primary N) is 2. The molecule has 1 atom stereocenters. The van der Waals surface area contributed by atoms with Gasteiger partial charge in [0, 0.05) is 12.0 Å². The average Bonchev–Trinajstić information content (AvgIpc) is 3.03. The van der Waals surface area contributed by atoms with Gasteiger partial charge in [0.1, 0.15) is 0 Å². The quantitative estimate of drug-likeness (QED) is 0.841. The predicted molar refractivity (Wildman–Crippen MR) is 88.2 cm³/mol. The first-order valence-electron chi connectivity index (χ1n) is 7.60. The van der Waals surface area contributed by atoms with Crippen LogP contribution in [-0.4, -0.2) is 18.6 Å². The molecule has 0 saturated heterocycles. The number of fused-ring (bicyclic) bond motifs is 1. The Morgan fingerprint density at radius 2 is 1.79 bits per heavy atom. The van der Waals surface area contributed by atoms with Crippen molar-refractivity contribution in [2.75, 3.05) is 6.79 Å². The molecule has 124 valence electrons. The Bertz CT molecular complexity index is 771. The van der Waals surface area contributed by atoms with Crippen LogP contribution in [0.1, 0.15) is 12.0 Å². The van der Waals surface area contributed by atoms with E-state index in [0.717, 1.165) is 28.2 Å². The summed E-state index contributed by atoms with van der Waals surface area (Å²) in [5, 5.41) is 0. The fourth-order valence-electron chi connectivity index (χ4n) is 2.78. The number of ether oxygens (including phenoxy) is 2. The number of para-hydroxylation sites is 1. The third-order valence-electron chi connectivity index (χ3n) is 3.99. The van der Waals surface area contributed by atoms with Crippen molar-refractivity contribution in [2.45, 2.75) is 12.8 Å². The van der Waals surface area contributed by atoms with Crippen LogP contribution in [0.5, 0.6) is 11.5 Å². The van der Waals surface area contributed by atoms with E-state index in [2.05, 4.69) is 0 Å². The van der Waals surface area contributed by atoms with Gasteiger partial charge < -0.3 is 20.9 Å². The lowest BCUT2D eigenvalue weighted by Gasteiger charge is -2.12. The zero-order valence-electron chi connectivity index (χ0n) is 13.0. The molecule has 2 aromatic rings. The highest BCUT2D eigenvalue weighted by Crippen LogP contribution is 2.41. The summed E-state index contributed by atoms with van der Waals surface area (Å²) < 4.78 is 10.9. The molecule has 0 aromatic heterocycles. The highest BCUT2D eigenvalue weighted by molar-refractivity contribution is 5.84. The van der Waals surface area contributed by atoms with E-state index in [1.54, 1.807) is 0 Å². The van der Waals surface area contributed by atoms with Gasteiger partial charge in [-0.3, -0.25) is 9.59 Å². The van der Waals surface area contributed by atoms with E-state index in [4.69, 9.17) is 20.9 Å². The molecule has 1 heterocycles. The van der Waals surface area contributed by atoms with Crippen LogP contribution in [0.2, 0.25) is 0 Å². The summed E-state index contributed by atoms with van der Waals surface area (Å²) in [5.41, 5.74) is 13.3. The van der Waals surface area contributed by atoms with E-state index in [9.17, 15) is 9.59 Å². The summed E-state index contributed by atoms with van der Waals surface area (Å²) in [7, 11) is 0. The van der Waals surface area contributed by atoms with Crippen molar-refractivity contribution in [2.24, 2.45) is 17.4 Å². The van der Waals surface area contributed by atoms with Gasteiger partial charge in [-0.1, -0.05) is 36.4 Å². The van der Waals surface area contributed by atoms with E-state index in [-0.39, 0.29) is 13.2 Å². The number of benzene rings is 2. The minimum absolute atomic E-state index is 0.0472. The third kappa shape index (κ3) is 3.32. The van der Waals surface area contributed by atoms with Crippen molar-refractivity contribution in [3.8, 4) is 22.6 Å². The summed E-state index contributed by atoms with van der Waals surface area (Å²) in [6.07, 6.45) is 0.333. The molecule has 0 aliphatic carbocycles. The summed E-state index contributed by atoms with van der Waals surface area (Å²) in [6, 6.07) is 13.4. The Morgan fingerprint density at radius 1 is 1.04 bits per heavy atom. The van der Waals surface area contributed by atoms with Crippen molar-refractivity contribution < 1.29 is 19.1 Å². The molecule has 0 spiro atoms. The van der Waals surface area contributed by atoms with Crippen LogP contribution >= 0.6 is 0 Å². The molecule has 0 saturated carbocycles. The molecule has 2 amide bonds. The number of carbonyl (C=O) groups excluding carboxylic acids is 2. The summed E-state index contributed by atoms with van der Waals surface area (Å²) in [4.78, 5) is 22.5. The molecular weight excluding hydrogens is 308 g/mol. The van der Waals surface area contributed by atoms with E-state index in [1.165, 1.54) is 0 Å². The van der Waals surface area contributed by atoms with Gasteiger partial charge in [0.25, 0.3) is 0 Å². The molecule has 0 radical (unpaired) electrons. The van der Waals surface area contributed by atoms with E-state index in [0.29, 0.717) is 6.42 Å². The van der Waals surface area contributed by atoms with Gasteiger partial charge >= 0.3 is 0 Å². The van der Waals surface area contributed by atoms with Crippen molar-refractivity contribution >= 4 is 11.8 Å². The van der Waals surface area contributed by atoms with Crippen LogP contribution in [0.3, 0.4) is 0 Å². The number of hydrogen-bond acceptors (Lipinski definition) is 4. The third-order valence-corrected chi connectivity index (χ3v) is 3.99. The minimum atomic E-state index is -0.592. The molecule has 6 nitrogen and oxygen atoms in total. The lowest BCUT2D eigenvalue weighted by atomic mass is 9.94. The van der Waals surface area contributed by atoms with Crippen LogP contribution in [0.4, 0.5) is 0 Å². The van der Waals surface area contributed by atoms with Gasteiger partial charge in [-0.2, -0.15) is 0 Å². The standard InChI is InChI=1S/C18H18N2O4/c19-16(21)9-13(18(20)22)8-11-4-6-12(7-5-11)14-2-1-3-15-17(14)24-10-23-15/h1-7,13H,8-10H2,(H2,19,21)(H2,20,22)/t13-/m1/s1. The number of hydrogen-bond donors (Lipinski definition) is 2. The Labute approximate surface area is 139 Å². The fourth-order valence-corrected chi connectivity index (χ4v) is 2.78. The first-order valence-corrected chi connectivity index (χ1v) is 7.60. The summed E-state index contributed by atoms with van der Waals surface area (Å²) >= 11 is 0. The van der Waals surface area contributed by atoms with E-state index in [1.807, 2.05) is 42.5 Å². The SMILES string of the molecule is NC(=O)C[C@@H](Cc1ccc(-c2cccc3c2OCO3)cc1)C(N)=O. The molecular formula is C18H18N2O4. The summed E-state index contributed by atoms with van der Waals surface area (Å²) in [6.45, 7) is 0.220. The lowest BCUT2D eigenvalue weighted by Crippen LogP contribution is -2.29. The minimum Gasteiger partial charge on any atom is -0.454 e. The van der Waals surface area contributed by atoms with Crippen molar-refractivity contribution in [3.05, 3.63) is 48.0 Å². The average molecular weight is 326 g/mol. The Kier molecular flexibility index (Phi) is 4.37. The van der Waals surface area contributed by atoms with Crippen LogP contribution < -0.4 is 20.9 Å². The van der Waals surface area contributed by atoms with Gasteiger partial charge in [-0.15, -0.1) is 0 Å². The number of amides is 2. The molecule has 0 bridgehead atoms. The topological polar surface area (TPSA) is 105 Å². The van der Waals surface area contributed by atoms with Crippen molar-refractivity contribution in [3.63, 3.8) is 0 Å². The second-order valence-corrected chi connectivity index (χ2v) is 5.71. The first kappa shape index (κ1) is 15.9. The normalized spacial score (nSPS) is 13.5. The highest BCUT2D eigenvalue weighted by atomic mass is 16.7. The smallest absolute Gasteiger partial charge is 0.231 e. The maximum atomic E-state index is 11.4. The number of carbonyl (C=O) groups is 2. The zero-order valence-corrected chi connectivity index (χ0v) is 13.0. The van der Waals surface area contributed by atoms with Crippen LogP contribution in [0.15, 0.2) is 42.5 Å². The molecule has 0 unspecified atom stereocenters. The Balaban J connectivity index is 1.80. The first-order chi connectivity index (χ1) is 11.5. The van der Waals surface area contributed by atoms with Crippen molar-refractivity contribution in [1.82, 2.24) is 0 Å². The molecule has 0 fully saturated rings. The molecule has 2 aromatic carbocycles. The number of rotatable bonds is 6. The molecule has 1 aliphatic heterocycles. The van der Waals surface area contributed by atoms with Gasteiger partial charge in [-0.05, 0) is 23.6 Å².